The molecule has 0 bridgehead atoms. The van der Waals surface area contributed by atoms with Crippen LogP contribution in [0.1, 0.15) is 31.4 Å². The van der Waals surface area contributed by atoms with Crippen molar-refractivity contribution in [1.82, 2.24) is 19.6 Å². The number of carbonyl (C=O) groups is 1. The van der Waals surface area contributed by atoms with Crippen molar-refractivity contribution in [2.75, 3.05) is 55.7 Å². The van der Waals surface area contributed by atoms with Gasteiger partial charge in [0.05, 0.1) is 6.26 Å². The standard InChI is InChI=1S/C18H30N6O3S/c1-14-13-16(23-9-3-4-10-23)22-18(21-14)20-8-7-19-17(25)15-5-11-24(12-6-15)28(2,26)27/h13,15H,3-12H2,1-2H3,(H,19,25)(H,20,21,22). The number of hydrogen-bond donors (Lipinski definition) is 2. The van der Waals surface area contributed by atoms with Gasteiger partial charge in [0.15, 0.2) is 0 Å². The van der Waals surface area contributed by atoms with Gasteiger partial charge < -0.3 is 15.5 Å². The Morgan fingerprint density at radius 1 is 1.14 bits per heavy atom. The Bertz CT molecular complexity index is 787. The Labute approximate surface area is 167 Å². The number of hydrogen-bond acceptors (Lipinski definition) is 7. The van der Waals surface area contributed by atoms with Crippen LogP contribution in [-0.2, 0) is 14.8 Å². The molecule has 0 aromatic carbocycles. The summed E-state index contributed by atoms with van der Waals surface area (Å²) in [6, 6.07) is 2.00. The molecule has 1 aromatic heterocycles. The number of rotatable bonds is 7. The molecule has 3 rings (SSSR count). The normalized spacial score (nSPS) is 19.0. The summed E-state index contributed by atoms with van der Waals surface area (Å²) in [5, 5.41) is 6.11. The van der Waals surface area contributed by atoms with Crippen LogP contribution in [-0.4, -0.2) is 74.1 Å². The van der Waals surface area contributed by atoms with Crippen molar-refractivity contribution in [1.29, 1.82) is 0 Å². The Kier molecular flexibility index (Phi) is 6.71. The molecule has 0 saturated carbocycles. The lowest BCUT2D eigenvalue weighted by Crippen LogP contribution is -2.43. The quantitative estimate of drug-likeness (QED) is 0.633. The van der Waals surface area contributed by atoms with Gasteiger partial charge in [0.2, 0.25) is 21.9 Å². The van der Waals surface area contributed by atoms with Crippen LogP contribution in [0.15, 0.2) is 6.07 Å². The number of nitrogens with zero attached hydrogens (tertiary/aromatic N) is 4. The highest BCUT2D eigenvalue weighted by molar-refractivity contribution is 7.88. The topological polar surface area (TPSA) is 108 Å². The second kappa shape index (κ2) is 9.04. The summed E-state index contributed by atoms with van der Waals surface area (Å²) in [5.41, 5.74) is 0.918. The van der Waals surface area contributed by atoms with Crippen LogP contribution >= 0.6 is 0 Å². The number of carbonyl (C=O) groups excluding carboxylic acids is 1. The molecule has 1 aromatic rings. The summed E-state index contributed by atoms with van der Waals surface area (Å²) in [6.07, 6.45) is 4.72. The van der Waals surface area contributed by atoms with Crippen molar-refractivity contribution in [3.63, 3.8) is 0 Å². The van der Waals surface area contributed by atoms with Crippen LogP contribution in [0.4, 0.5) is 11.8 Å². The minimum Gasteiger partial charge on any atom is -0.356 e. The van der Waals surface area contributed by atoms with E-state index in [9.17, 15) is 13.2 Å². The summed E-state index contributed by atoms with van der Waals surface area (Å²) in [4.78, 5) is 23.6. The van der Waals surface area contributed by atoms with Gasteiger partial charge in [0, 0.05) is 56.9 Å². The molecule has 0 atom stereocenters. The van der Waals surface area contributed by atoms with E-state index >= 15 is 0 Å². The summed E-state index contributed by atoms with van der Waals surface area (Å²) in [5.74, 6) is 1.39. The average molecular weight is 411 g/mol. The van der Waals surface area contributed by atoms with Crippen LogP contribution in [0.2, 0.25) is 0 Å². The molecule has 2 aliphatic rings. The second-order valence-electron chi connectivity index (χ2n) is 7.54. The SMILES string of the molecule is Cc1cc(N2CCCC2)nc(NCCNC(=O)C2CCN(S(C)(=O)=O)CC2)n1. The molecule has 0 aliphatic carbocycles. The van der Waals surface area contributed by atoms with E-state index in [-0.39, 0.29) is 11.8 Å². The number of piperidine rings is 1. The molecule has 9 nitrogen and oxygen atoms in total. The first-order valence-corrected chi connectivity index (χ1v) is 11.7. The number of sulfonamides is 1. The summed E-state index contributed by atoms with van der Waals surface area (Å²) < 4.78 is 24.5. The molecular weight excluding hydrogens is 380 g/mol. The molecule has 0 radical (unpaired) electrons. The number of aromatic nitrogens is 2. The van der Waals surface area contributed by atoms with E-state index in [1.807, 2.05) is 13.0 Å². The summed E-state index contributed by atoms with van der Waals surface area (Å²) in [7, 11) is -3.17. The van der Waals surface area contributed by atoms with Gasteiger partial charge in [0.25, 0.3) is 0 Å². The van der Waals surface area contributed by atoms with E-state index in [0.717, 1.165) is 24.6 Å². The van der Waals surface area contributed by atoms with Crippen LogP contribution in [0.25, 0.3) is 0 Å². The lowest BCUT2D eigenvalue weighted by atomic mass is 9.97. The molecule has 2 aliphatic heterocycles. The fourth-order valence-corrected chi connectivity index (χ4v) is 4.57. The first kappa shape index (κ1) is 20.8. The number of aryl methyl sites for hydroxylation is 1. The van der Waals surface area contributed by atoms with Gasteiger partial charge in [-0.1, -0.05) is 0 Å². The monoisotopic (exact) mass is 410 g/mol. The fourth-order valence-electron chi connectivity index (χ4n) is 3.69. The smallest absolute Gasteiger partial charge is 0.224 e. The van der Waals surface area contributed by atoms with Gasteiger partial charge in [-0.15, -0.1) is 0 Å². The zero-order valence-corrected chi connectivity index (χ0v) is 17.5. The fraction of sp³-hybridized carbons (Fsp3) is 0.722. The molecule has 2 saturated heterocycles. The predicted molar refractivity (Wildman–Crippen MR) is 109 cm³/mol. The average Bonchev–Trinajstić information content (AvgIpc) is 3.19. The number of nitrogens with one attached hydrogen (secondary N) is 2. The first-order chi connectivity index (χ1) is 13.3. The molecule has 0 unspecified atom stereocenters. The largest absolute Gasteiger partial charge is 0.356 e. The summed E-state index contributed by atoms with van der Waals surface area (Å²) >= 11 is 0. The van der Waals surface area contributed by atoms with Crippen molar-refractivity contribution < 1.29 is 13.2 Å². The summed E-state index contributed by atoms with van der Waals surface area (Å²) in [6.45, 7) is 5.85. The number of anilines is 2. The van der Waals surface area contributed by atoms with Gasteiger partial charge in [-0.2, -0.15) is 4.98 Å². The van der Waals surface area contributed by atoms with Crippen LogP contribution in [0.3, 0.4) is 0 Å². The highest BCUT2D eigenvalue weighted by Crippen LogP contribution is 2.20. The minimum atomic E-state index is -3.17. The third kappa shape index (κ3) is 5.54. The highest BCUT2D eigenvalue weighted by Gasteiger charge is 2.28. The Morgan fingerprint density at radius 2 is 1.82 bits per heavy atom. The van der Waals surface area contributed by atoms with E-state index in [4.69, 9.17) is 0 Å². The van der Waals surface area contributed by atoms with Crippen LogP contribution in [0.5, 0.6) is 0 Å². The van der Waals surface area contributed by atoms with Crippen molar-refractivity contribution in [2.24, 2.45) is 5.92 Å². The van der Waals surface area contributed by atoms with E-state index in [2.05, 4.69) is 25.5 Å². The van der Waals surface area contributed by atoms with Gasteiger partial charge in [-0.05, 0) is 32.6 Å². The highest BCUT2D eigenvalue weighted by atomic mass is 32.2. The van der Waals surface area contributed by atoms with Crippen molar-refractivity contribution in [2.45, 2.75) is 32.6 Å². The minimum absolute atomic E-state index is 0.0159. The van der Waals surface area contributed by atoms with Crippen LogP contribution in [0, 0.1) is 12.8 Å². The van der Waals surface area contributed by atoms with Gasteiger partial charge >= 0.3 is 0 Å². The van der Waals surface area contributed by atoms with Crippen LogP contribution < -0.4 is 15.5 Å². The second-order valence-corrected chi connectivity index (χ2v) is 9.52. The molecular formula is C18H30N6O3S. The van der Waals surface area contributed by atoms with Gasteiger partial charge in [-0.3, -0.25) is 4.79 Å². The van der Waals surface area contributed by atoms with Crippen molar-refractivity contribution >= 4 is 27.7 Å². The lowest BCUT2D eigenvalue weighted by Gasteiger charge is -2.29. The molecule has 28 heavy (non-hydrogen) atoms. The molecule has 156 valence electrons. The Balaban J connectivity index is 1.42. The van der Waals surface area contributed by atoms with Gasteiger partial charge in [0.1, 0.15) is 5.82 Å². The molecule has 0 spiro atoms. The molecule has 3 heterocycles. The Hall–Kier alpha value is -1.94. The first-order valence-electron chi connectivity index (χ1n) is 9.90. The third-order valence-corrected chi connectivity index (χ3v) is 6.58. The van der Waals surface area contributed by atoms with Crippen molar-refractivity contribution in [3.05, 3.63) is 11.8 Å². The van der Waals surface area contributed by atoms with Gasteiger partial charge in [-0.25, -0.2) is 17.7 Å². The third-order valence-electron chi connectivity index (χ3n) is 5.27. The van der Waals surface area contributed by atoms with E-state index in [1.165, 1.54) is 23.4 Å². The van der Waals surface area contributed by atoms with E-state index < -0.39 is 10.0 Å². The zero-order valence-electron chi connectivity index (χ0n) is 16.6. The number of amides is 1. The molecule has 2 N–H and O–H groups in total. The lowest BCUT2D eigenvalue weighted by molar-refractivity contribution is -0.126. The maximum Gasteiger partial charge on any atom is 0.224 e. The molecule has 10 heteroatoms. The Morgan fingerprint density at radius 3 is 2.46 bits per heavy atom. The van der Waals surface area contributed by atoms with E-state index in [1.54, 1.807) is 0 Å². The maximum absolute atomic E-state index is 12.3. The van der Waals surface area contributed by atoms with Crippen molar-refractivity contribution in [3.8, 4) is 0 Å². The maximum atomic E-state index is 12.3. The predicted octanol–water partition coefficient (Wildman–Crippen LogP) is 0.585. The molecule has 1 amide bonds. The molecule has 2 fully saturated rings. The zero-order chi connectivity index (χ0) is 20.1. The van der Waals surface area contributed by atoms with E-state index in [0.29, 0.717) is 45.0 Å².